The van der Waals surface area contributed by atoms with Gasteiger partial charge in [0.2, 0.25) is 0 Å². The number of hydrogen-bond acceptors (Lipinski definition) is 5. The quantitative estimate of drug-likeness (QED) is 0.551. The molecule has 2 atom stereocenters. The van der Waals surface area contributed by atoms with E-state index in [1.54, 1.807) is 24.7 Å². The molecule has 0 saturated heterocycles. The van der Waals surface area contributed by atoms with Gasteiger partial charge in [-0.25, -0.2) is 18.2 Å². The third-order valence-corrected chi connectivity index (χ3v) is 7.40. The Balaban J connectivity index is 1.51. The Morgan fingerprint density at radius 1 is 1.10 bits per heavy atom. The van der Waals surface area contributed by atoms with Crippen LogP contribution in [0.15, 0.2) is 73.3 Å². The minimum atomic E-state index is -4.13. The van der Waals surface area contributed by atoms with Crippen molar-refractivity contribution in [2.45, 2.75) is 37.7 Å². The summed E-state index contributed by atoms with van der Waals surface area (Å²) >= 11 is 0. The van der Waals surface area contributed by atoms with Gasteiger partial charge in [0.25, 0.3) is 9.84 Å². The maximum atomic E-state index is 13.2. The van der Waals surface area contributed by atoms with Crippen LogP contribution >= 0.6 is 0 Å². The highest BCUT2D eigenvalue weighted by Gasteiger charge is 2.40. The van der Waals surface area contributed by atoms with Crippen LogP contribution in [0.25, 0.3) is 0 Å². The van der Waals surface area contributed by atoms with Crippen molar-refractivity contribution < 1.29 is 17.9 Å². The Kier molecular flexibility index (Phi) is 5.99. The number of imidazole rings is 1. The first-order chi connectivity index (χ1) is 14.5. The van der Waals surface area contributed by atoms with Crippen molar-refractivity contribution in [3.8, 4) is 0 Å². The number of benzene rings is 2. The zero-order valence-electron chi connectivity index (χ0n) is 16.6. The molecule has 7 heteroatoms. The monoisotopic (exact) mass is 424 g/mol. The van der Waals surface area contributed by atoms with Crippen LogP contribution in [0.3, 0.4) is 0 Å². The molecule has 0 bridgehead atoms. The van der Waals surface area contributed by atoms with E-state index in [9.17, 15) is 13.2 Å². The molecular formula is C23H24N2O4S. The Bertz CT molecular complexity index is 1100. The van der Waals surface area contributed by atoms with E-state index in [-0.39, 0.29) is 12.5 Å². The van der Waals surface area contributed by atoms with E-state index < -0.39 is 20.4 Å². The molecular weight excluding hydrogens is 400 g/mol. The average molecular weight is 425 g/mol. The molecule has 156 valence electrons. The molecule has 0 amide bonds. The summed E-state index contributed by atoms with van der Waals surface area (Å²) in [5.74, 6) is 0.156. The van der Waals surface area contributed by atoms with E-state index in [1.807, 2.05) is 53.2 Å². The lowest BCUT2D eigenvalue weighted by molar-refractivity contribution is 0.165. The molecule has 1 aliphatic carbocycles. The summed E-state index contributed by atoms with van der Waals surface area (Å²) in [6, 6.07) is 16.6. The van der Waals surface area contributed by atoms with Crippen molar-refractivity contribution in [2.24, 2.45) is 5.92 Å². The Hall–Kier alpha value is -2.93. The molecule has 1 aromatic heterocycles. The summed E-state index contributed by atoms with van der Waals surface area (Å²) in [5, 5.41) is -2.03. The summed E-state index contributed by atoms with van der Waals surface area (Å²) in [6.45, 7) is 0.704. The van der Waals surface area contributed by atoms with E-state index in [0.717, 1.165) is 30.5 Å². The lowest BCUT2D eigenvalue weighted by atomic mass is 9.82. The highest BCUT2D eigenvalue weighted by molar-refractivity contribution is 8.05. The average Bonchev–Trinajstić information content (AvgIpc) is 3.30. The van der Waals surface area contributed by atoms with Crippen molar-refractivity contribution in [2.75, 3.05) is 0 Å². The van der Waals surface area contributed by atoms with Gasteiger partial charge in [0.05, 0.1) is 11.6 Å². The fourth-order valence-electron chi connectivity index (χ4n) is 4.04. The summed E-state index contributed by atoms with van der Waals surface area (Å²) < 4.78 is 33.5. The highest BCUT2D eigenvalue weighted by atomic mass is 32.2. The van der Waals surface area contributed by atoms with Crippen molar-refractivity contribution >= 4 is 15.1 Å². The van der Waals surface area contributed by atoms with E-state index in [0.29, 0.717) is 12.0 Å². The standard InChI is InChI=1S/C23H24N2O4S/c26-23(29-16-18-6-2-1-3-7-18)30(27,28)22-15-19(10-12-25-13-11-24-17-25)14-20-8-4-5-9-21(20)22/h1-9,11,13,17,19,22H,10,12,14-16H2/t19-,22?/m1/s1. The predicted molar refractivity (Wildman–Crippen MR) is 113 cm³/mol. The number of nitrogens with zero attached hydrogens (tertiary/aromatic N) is 2. The molecule has 2 aromatic carbocycles. The van der Waals surface area contributed by atoms with Crippen LogP contribution < -0.4 is 0 Å². The van der Waals surface area contributed by atoms with Crippen LogP contribution in [0.2, 0.25) is 0 Å². The van der Waals surface area contributed by atoms with Crippen LogP contribution in [-0.4, -0.2) is 23.3 Å². The molecule has 6 nitrogen and oxygen atoms in total. The normalized spacial score (nSPS) is 18.5. The maximum absolute atomic E-state index is 13.2. The van der Waals surface area contributed by atoms with Gasteiger partial charge < -0.3 is 9.30 Å². The fraction of sp³-hybridized carbons (Fsp3) is 0.304. The van der Waals surface area contributed by atoms with E-state index in [2.05, 4.69) is 4.98 Å². The number of aryl methyl sites for hydroxylation is 1. The third kappa shape index (κ3) is 4.46. The molecule has 0 aliphatic heterocycles. The molecule has 1 heterocycles. The second-order valence-electron chi connectivity index (χ2n) is 7.65. The van der Waals surface area contributed by atoms with Crippen molar-refractivity contribution in [1.29, 1.82) is 0 Å². The van der Waals surface area contributed by atoms with Crippen molar-refractivity contribution in [3.05, 3.63) is 90.0 Å². The Morgan fingerprint density at radius 3 is 2.63 bits per heavy atom. The lowest BCUT2D eigenvalue weighted by Gasteiger charge is -2.30. The summed E-state index contributed by atoms with van der Waals surface area (Å²) in [6.07, 6.45) is 7.41. The van der Waals surface area contributed by atoms with Crippen molar-refractivity contribution in [1.82, 2.24) is 9.55 Å². The summed E-state index contributed by atoms with van der Waals surface area (Å²) in [7, 11) is -4.13. The zero-order chi connectivity index (χ0) is 21.0. The number of fused-ring (bicyclic) bond motifs is 1. The fourth-order valence-corrected chi connectivity index (χ4v) is 5.58. The molecule has 1 unspecified atom stereocenters. The number of aromatic nitrogens is 2. The number of hydrogen-bond donors (Lipinski definition) is 0. The van der Waals surface area contributed by atoms with Gasteiger partial charge >= 0.3 is 5.30 Å². The molecule has 0 spiro atoms. The number of rotatable bonds is 6. The topological polar surface area (TPSA) is 78.3 Å². The van der Waals surface area contributed by atoms with Crippen LogP contribution in [0.1, 0.15) is 34.8 Å². The lowest BCUT2D eigenvalue weighted by Crippen LogP contribution is -2.30. The molecule has 0 fully saturated rings. The van der Waals surface area contributed by atoms with Crippen molar-refractivity contribution in [3.63, 3.8) is 0 Å². The Labute approximate surface area is 176 Å². The highest BCUT2D eigenvalue weighted by Crippen LogP contribution is 2.40. The van der Waals surface area contributed by atoms with Gasteiger partial charge in [-0.15, -0.1) is 0 Å². The first kappa shape index (κ1) is 20.3. The number of carbonyl (C=O) groups excluding carboxylic acids is 1. The van der Waals surface area contributed by atoms with Gasteiger partial charge in [0, 0.05) is 18.9 Å². The molecule has 30 heavy (non-hydrogen) atoms. The van der Waals surface area contributed by atoms with Crippen LogP contribution in [0.5, 0.6) is 0 Å². The summed E-state index contributed by atoms with van der Waals surface area (Å²) in [4.78, 5) is 16.6. The predicted octanol–water partition coefficient (Wildman–Crippen LogP) is 4.33. The molecule has 3 aromatic rings. The molecule has 1 aliphatic rings. The van der Waals surface area contributed by atoms with Gasteiger partial charge in [0.15, 0.2) is 0 Å². The van der Waals surface area contributed by atoms with E-state index in [4.69, 9.17) is 4.74 Å². The number of carbonyl (C=O) groups is 1. The molecule has 0 N–H and O–H groups in total. The summed E-state index contributed by atoms with van der Waals surface area (Å²) in [5.41, 5.74) is 2.46. The van der Waals surface area contributed by atoms with E-state index in [1.165, 1.54) is 0 Å². The number of sulfone groups is 1. The van der Waals surface area contributed by atoms with Gasteiger partial charge in [-0.3, -0.25) is 0 Å². The first-order valence-corrected chi connectivity index (χ1v) is 11.6. The van der Waals surface area contributed by atoms with Gasteiger partial charge in [-0.05, 0) is 41.9 Å². The molecule has 4 rings (SSSR count). The third-order valence-electron chi connectivity index (χ3n) is 5.62. The van der Waals surface area contributed by atoms with Gasteiger partial charge in [0.1, 0.15) is 6.61 Å². The zero-order valence-corrected chi connectivity index (χ0v) is 17.4. The van der Waals surface area contributed by atoms with Gasteiger partial charge in [-0.1, -0.05) is 54.6 Å². The molecule has 0 saturated carbocycles. The van der Waals surface area contributed by atoms with E-state index >= 15 is 0 Å². The first-order valence-electron chi connectivity index (χ1n) is 10.0. The maximum Gasteiger partial charge on any atom is 0.425 e. The largest absolute Gasteiger partial charge is 0.449 e. The number of ether oxygens (including phenoxy) is 1. The Morgan fingerprint density at radius 2 is 1.87 bits per heavy atom. The smallest absolute Gasteiger partial charge is 0.425 e. The van der Waals surface area contributed by atoms with Crippen LogP contribution in [-0.2, 0) is 34.1 Å². The second-order valence-corrected chi connectivity index (χ2v) is 9.64. The second kappa shape index (κ2) is 8.83. The van der Waals surface area contributed by atoms with Crippen LogP contribution in [0.4, 0.5) is 4.79 Å². The molecule has 0 radical (unpaired) electrons. The van der Waals surface area contributed by atoms with Crippen LogP contribution in [0, 0.1) is 5.92 Å². The minimum Gasteiger partial charge on any atom is -0.449 e. The SMILES string of the molecule is O=C(OCc1ccccc1)S(=O)(=O)C1C[C@H](CCn2ccnc2)Cc2ccccc21. The minimum absolute atomic E-state index is 0.0582. The van der Waals surface area contributed by atoms with Gasteiger partial charge in [-0.2, -0.15) is 0 Å².